The maximum atomic E-state index is 6.02. The summed E-state index contributed by atoms with van der Waals surface area (Å²) in [7, 11) is 0. The number of nitrogens with two attached hydrogens (primary N) is 1. The second-order valence-corrected chi connectivity index (χ2v) is 7.17. The van der Waals surface area contributed by atoms with Gasteiger partial charge in [-0.1, -0.05) is 30.8 Å². The van der Waals surface area contributed by atoms with Crippen LogP contribution < -0.4 is 5.73 Å². The standard InChI is InChI=1S/C14H23N3OS/c15-10-14(7-3-1-4-8-14)13-16-12(17-18-13)11-6-2-5-9-19-11/h11H,1-10,15H2. The van der Waals surface area contributed by atoms with Crippen LogP contribution in [0.1, 0.15) is 68.3 Å². The van der Waals surface area contributed by atoms with Crippen molar-refractivity contribution in [2.75, 3.05) is 12.3 Å². The van der Waals surface area contributed by atoms with Gasteiger partial charge in [0.15, 0.2) is 5.82 Å². The molecular formula is C14H23N3OS. The second kappa shape index (κ2) is 5.83. The molecule has 2 N–H and O–H groups in total. The predicted octanol–water partition coefficient (Wildman–Crippen LogP) is 3.19. The second-order valence-electron chi connectivity index (χ2n) is 5.86. The minimum Gasteiger partial charge on any atom is -0.339 e. The zero-order valence-electron chi connectivity index (χ0n) is 11.4. The van der Waals surface area contributed by atoms with Gasteiger partial charge in [0.05, 0.1) is 10.7 Å². The highest BCUT2D eigenvalue weighted by molar-refractivity contribution is 7.99. The summed E-state index contributed by atoms with van der Waals surface area (Å²) in [5.41, 5.74) is 5.99. The van der Waals surface area contributed by atoms with E-state index in [9.17, 15) is 0 Å². The number of hydrogen-bond acceptors (Lipinski definition) is 5. The zero-order chi connectivity index (χ0) is 13.1. The molecule has 0 amide bonds. The first-order chi connectivity index (χ1) is 9.34. The van der Waals surface area contributed by atoms with E-state index in [0.717, 1.165) is 24.6 Å². The van der Waals surface area contributed by atoms with Crippen molar-refractivity contribution in [3.8, 4) is 0 Å². The summed E-state index contributed by atoms with van der Waals surface area (Å²) in [4.78, 5) is 4.72. The van der Waals surface area contributed by atoms with Gasteiger partial charge in [-0.15, -0.1) is 0 Å². The SMILES string of the molecule is NCC1(c2nc(C3CCCCS3)no2)CCCCC1. The van der Waals surface area contributed by atoms with Crippen molar-refractivity contribution in [1.82, 2.24) is 10.1 Å². The Morgan fingerprint density at radius 1 is 1.21 bits per heavy atom. The van der Waals surface area contributed by atoms with Crippen molar-refractivity contribution in [1.29, 1.82) is 0 Å². The van der Waals surface area contributed by atoms with Crippen molar-refractivity contribution < 1.29 is 4.52 Å². The highest BCUT2D eigenvalue weighted by Gasteiger charge is 2.38. The highest BCUT2D eigenvalue weighted by Crippen LogP contribution is 2.40. The molecule has 2 heterocycles. The smallest absolute Gasteiger partial charge is 0.234 e. The molecule has 0 spiro atoms. The summed E-state index contributed by atoms with van der Waals surface area (Å²) < 4.78 is 5.60. The van der Waals surface area contributed by atoms with Gasteiger partial charge in [-0.3, -0.25) is 0 Å². The fraction of sp³-hybridized carbons (Fsp3) is 0.857. The average Bonchev–Trinajstić information content (AvgIpc) is 2.99. The van der Waals surface area contributed by atoms with Gasteiger partial charge in [0.1, 0.15) is 0 Å². The highest BCUT2D eigenvalue weighted by atomic mass is 32.2. The maximum Gasteiger partial charge on any atom is 0.234 e. The summed E-state index contributed by atoms with van der Waals surface area (Å²) in [6.07, 6.45) is 9.74. The normalized spacial score (nSPS) is 27.3. The molecule has 1 aromatic heterocycles. The number of nitrogens with zero attached hydrogens (tertiary/aromatic N) is 2. The first kappa shape index (κ1) is 13.4. The molecule has 0 aromatic carbocycles. The minimum atomic E-state index is -0.0389. The summed E-state index contributed by atoms with van der Waals surface area (Å²) in [6, 6.07) is 0. The molecule has 19 heavy (non-hydrogen) atoms. The lowest BCUT2D eigenvalue weighted by molar-refractivity contribution is 0.219. The third-order valence-corrected chi connectivity index (χ3v) is 5.94. The van der Waals surface area contributed by atoms with Gasteiger partial charge in [-0.25, -0.2) is 0 Å². The molecule has 1 atom stereocenters. The zero-order valence-corrected chi connectivity index (χ0v) is 12.3. The molecular weight excluding hydrogens is 258 g/mol. The molecule has 1 aliphatic carbocycles. The van der Waals surface area contributed by atoms with Gasteiger partial charge in [0.2, 0.25) is 5.89 Å². The lowest BCUT2D eigenvalue weighted by Gasteiger charge is -2.32. The monoisotopic (exact) mass is 281 g/mol. The molecule has 4 nitrogen and oxygen atoms in total. The van der Waals surface area contributed by atoms with Gasteiger partial charge in [0.25, 0.3) is 0 Å². The first-order valence-corrected chi connectivity index (χ1v) is 8.55. The fourth-order valence-electron chi connectivity index (χ4n) is 3.26. The molecule has 1 aromatic rings. The van der Waals surface area contributed by atoms with E-state index < -0.39 is 0 Å². The molecule has 0 bridgehead atoms. The molecule has 3 rings (SSSR count). The van der Waals surface area contributed by atoms with Crippen LogP contribution >= 0.6 is 11.8 Å². The van der Waals surface area contributed by atoms with E-state index >= 15 is 0 Å². The Balaban J connectivity index is 1.79. The average molecular weight is 281 g/mol. The van der Waals surface area contributed by atoms with Gasteiger partial charge in [-0.2, -0.15) is 16.7 Å². The molecule has 1 aliphatic heterocycles. The number of hydrogen-bond donors (Lipinski definition) is 1. The van der Waals surface area contributed by atoms with Crippen LogP contribution in [0.3, 0.4) is 0 Å². The van der Waals surface area contributed by atoms with Crippen molar-refractivity contribution >= 4 is 11.8 Å². The van der Waals surface area contributed by atoms with E-state index in [0.29, 0.717) is 11.8 Å². The van der Waals surface area contributed by atoms with E-state index in [4.69, 9.17) is 15.2 Å². The minimum absolute atomic E-state index is 0.0389. The first-order valence-electron chi connectivity index (χ1n) is 7.50. The van der Waals surface area contributed by atoms with Gasteiger partial charge >= 0.3 is 0 Å². The lowest BCUT2D eigenvalue weighted by atomic mass is 9.74. The van der Waals surface area contributed by atoms with Crippen LogP contribution in [0.2, 0.25) is 0 Å². The Morgan fingerprint density at radius 3 is 2.74 bits per heavy atom. The Kier molecular flexibility index (Phi) is 4.12. The van der Waals surface area contributed by atoms with Crippen LogP contribution in [0.25, 0.3) is 0 Å². The Bertz CT molecular complexity index is 409. The van der Waals surface area contributed by atoms with Crippen molar-refractivity contribution in [3.63, 3.8) is 0 Å². The summed E-state index contributed by atoms with van der Waals surface area (Å²) in [6.45, 7) is 0.631. The third kappa shape index (κ3) is 2.68. The molecule has 5 heteroatoms. The molecule has 1 unspecified atom stereocenters. The molecule has 2 fully saturated rings. The van der Waals surface area contributed by atoms with Crippen LogP contribution in [0.4, 0.5) is 0 Å². The van der Waals surface area contributed by atoms with Crippen LogP contribution in [0, 0.1) is 0 Å². The fourth-order valence-corrected chi connectivity index (χ4v) is 4.49. The van der Waals surface area contributed by atoms with Gasteiger partial charge in [-0.05, 0) is 31.4 Å². The van der Waals surface area contributed by atoms with Crippen LogP contribution in [0.5, 0.6) is 0 Å². The number of rotatable bonds is 3. The quantitative estimate of drug-likeness (QED) is 0.921. The molecule has 1 saturated heterocycles. The van der Waals surface area contributed by atoms with Gasteiger partial charge < -0.3 is 10.3 Å². The van der Waals surface area contributed by atoms with Crippen molar-refractivity contribution in [3.05, 3.63) is 11.7 Å². The Morgan fingerprint density at radius 2 is 2.05 bits per heavy atom. The molecule has 1 saturated carbocycles. The summed E-state index contributed by atoms with van der Waals surface area (Å²) in [5, 5.41) is 4.68. The van der Waals surface area contributed by atoms with Gasteiger partial charge in [0, 0.05) is 6.54 Å². The largest absolute Gasteiger partial charge is 0.339 e. The van der Waals surface area contributed by atoms with Crippen LogP contribution in [-0.4, -0.2) is 22.4 Å². The molecule has 106 valence electrons. The predicted molar refractivity (Wildman–Crippen MR) is 77.2 cm³/mol. The third-order valence-electron chi connectivity index (χ3n) is 4.56. The van der Waals surface area contributed by atoms with Crippen LogP contribution in [0.15, 0.2) is 4.52 Å². The summed E-state index contributed by atoms with van der Waals surface area (Å²) >= 11 is 1.97. The van der Waals surface area contributed by atoms with Crippen molar-refractivity contribution in [2.45, 2.75) is 62.0 Å². The van der Waals surface area contributed by atoms with E-state index in [1.165, 1.54) is 44.3 Å². The van der Waals surface area contributed by atoms with E-state index in [1.807, 2.05) is 11.8 Å². The van der Waals surface area contributed by atoms with E-state index in [-0.39, 0.29) is 5.41 Å². The Hall–Kier alpha value is -0.550. The number of thioether (sulfide) groups is 1. The van der Waals surface area contributed by atoms with Crippen molar-refractivity contribution in [2.24, 2.45) is 5.73 Å². The summed E-state index contributed by atoms with van der Waals surface area (Å²) in [5.74, 6) is 2.92. The Labute approximate surface area is 118 Å². The molecule has 0 radical (unpaired) electrons. The maximum absolute atomic E-state index is 6.02. The van der Waals surface area contributed by atoms with E-state index in [1.54, 1.807) is 0 Å². The number of aromatic nitrogens is 2. The molecule has 2 aliphatic rings. The lowest BCUT2D eigenvalue weighted by Crippen LogP contribution is -2.37. The topological polar surface area (TPSA) is 64.9 Å². The van der Waals surface area contributed by atoms with E-state index in [2.05, 4.69) is 5.16 Å². The van der Waals surface area contributed by atoms with Crippen LogP contribution in [-0.2, 0) is 5.41 Å².